The molecule has 0 unspecified atom stereocenters. The first-order valence-corrected chi connectivity index (χ1v) is 9.92. The number of alkyl halides is 3. The molecule has 1 saturated carbocycles. The minimum absolute atomic E-state index is 0.131. The Hall–Kier alpha value is -3.09. The quantitative estimate of drug-likeness (QED) is 0.610. The van der Waals surface area contributed by atoms with Gasteiger partial charge in [0.1, 0.15) is 5.75 Å². The van der Waals surface area contributed by atoms with Gasteiger partial charge in [0.05, 0.1) is 12.1 Å². The van der Waals surface area contributed by atoms with Crippen molar-refractivity contribution in [2.75, 3.05) is 6.54 Å². The van der Waals surface area contributed by atoms with Crippen LogP contribution in [0.4, 0.5) is 13.2 Å². The van der Waals surface area contributed by atoms with Crippen LogP contribution < -0.4 is 4.74 Å². The van der Waals surface area contributed by atoms with Crippen LogP contribution in [0.2, 0.25) is 0 Å². The maximum absolute atomic E-state index is 12.7. The molecule has 156 valence electrons. The average Bonchev–Trinajstić information content (AvgIpc) is 2.75. The van der Waals surface area contributed by atoms with Crippen LogP contribution in [0.15, 0.2) is 65.6 Å². The lowest BCUT2D eigenvalue weighted by molar-refractivity contribution is -0.137. The van der Waals surface area contributed by atoms with E-state index in [1.165, 1.54) is 11.6 Å². The fourth-order valence-electron chi connectivity index (χ4n) is 3.74. The molecule has 0 spiro atoms. The summed E-state index contributed by atoms with van der Waals surface area (Å²) in [5.74, 6) is 0.675. The summed E-state index contributed by atoms with van der Waals surface area (Å²) in [6.07, 6.45) is 8.68. The highest BCUT2D eigenvalue weighted by atomic mass is 19.4. The summed E-state index contributed by atoms with van der Waals surface area (Å²) in [6, 6.07) is 10.3. The van der Waals surface area contributed by atoms with Crippen molar-refractivity contribution in [1.29, 1.82) is 0 Å². The van der Waals surface area contributed by atoms with Crippen molar-refractivity contribution in [2.45, 2.75) is 37.9 Å². The fraction of sp³-hybridized carbons (Fsp3) is 0.304. The van der Waals surface area contributed by atoms with Crippen molar-refractivity contribution < 1.29 is 17.9 Å². The van der Waals surface area contributed by atoms with Crippen LogP contribution in [0.5, 0.6) is 11.6 Å². The summed E-state index contributed by atoms with van der Waals surface area (Å²) in [5, 5.41) is 0. The normalized spacial score (nSPS) is 19.1. The fourth-order valence-corrected chi connectivity index (χ4v) is 3.74. The lowest BCUT2D eigenvalue weighted by atomic mass is 9.89. The highest BCUT2D eigenvalue weighted by Gasteiger charge is 2.30. The largest absolute Gasteiger partial charge is 0.439 e. The molecule has 2 heterocycles. The van der Waals surface area contributed by atoms with E-state index in [0.717, 1.165) is 50.1 Å². The Morgan fingerprint density at radius 2 is 1.93 bits per heavy atom. The van der Waals surface area contributed by atoms with Crippen molar-refractivity contribution in [2.24, 2.45) is 4.99 Å². The Morgan fingerprint density at radius 1 is 1.10 bits per heavy atom. The van der Waals surface area contributed by atoms with E-state index in [0.29, 0.717) is 11.8 Å². The van der Waals surface area contributed by atoms with E-state index in [1.54, 1.807) is 6.07 Å². The van der Waals surface area contributed by atoms with Gasteiger partial charge >= 0.3 is 6.18 Å². The summed E-state index contributed by atoms with van der Waals surface area (Å²) in [5.41, 5.74) is 1.61. The number of ether oxygens (including phenoxy) is 1. The average molecular weight is 413 g/mol. The molecule has 0 radical (unpaired) electrons. The number of aromatic nitrogens is 1. The van der Waals surface area contributed by atoms with Gasteiger partial charge in [-0.25, -0.2) is 4.98 Å². The number of hydrogen-bond donors (Lipinski definition) is 0. The third-order valence-corrected chi connectivity index (χ3v) is 5.32. The van der Waals surface area contributed by atoms with E-state index in [1.807, 2.05) is 30.6 Å². The number of hydrogen-bond acceptors (Lipinski definition) is 4. The van der Waals surface area contributed by atoms with E-state index in [4.69, 9.17) is 4.74 Å². The predicted molar refractivity (Wildman–Crippen MR) is 110 cm³/mol. The van der Waals surface area contributed by atoms with E-state index >= 15 is 0 Å². The second kappa shape index (κ2) is 8.73. The summed E-state index contributed by atoms with van der Waals surface area (Å²) in [7, 11) is 0. The van der Waals surface area contributed by atoms with Crippen molar-refractivity contribution in [1.82, 2.24) is 9.88 Å². The van der Waals surface area contributed by atoms with Gasteiger partial charge in [-0.1, -0.05) is 23.8 Å². The van der Waals surface area contributed by atoms with Crippen molar-refractivity contribution >= 4 is 12.3 Å². The molecule has 0 amide bonds. The number of nitrogens with zero attached hydrogens (tertiary/aromatic N) is 3. The SMILES string of the molecule is FC(F)(F)c1ccc(Oc2cccc(C=C3CCC(N4C=CN=CC4)CC3)c2)nc1. The lowest BCUT2D eigenvalue weighted by Crippen LogP contribution is -2.35. The molecule has 1 aliphatic heterocycles. The molecule has 1 aromatic heterocycles. The summed E-state index contributed by atoms with van der Waals surface area (Å²) in [6.45, 7) is 0.873. The van der Waals surface area contributed by atoms with E-state index in [9.17, 15) is 13.2 Å². The van der Waals surface area contributed by atoms with Gasteiger partial charge in [0.2, 0.25) is 5.88 Å². The Kier molecular flexibility index (Phi) is 5.88. The van der Waals surface area contributed by atoms with Crippen LogP contribution >= 0.6 is 0 Å². The first-order chi connectivity index (χ1) is 14.5. The van der Waals surface area contributed by atoms with Crippen molar-refractivity contribution in [3.8, 4) is 11.6 Å². The van der Waals surface area contributed by atoms with Gasteiger partial charge in [-0.05, 0) is 49.4 Å². The third-order valence-electron chi connectivity index (χ3n) is 5.32. The second-order valence-electron chi connectivity index (χ2n) is 7.42. The zero-order valence-electron chi connectivity index (χ0n) is 16.3. The molecular weight excluding hydrogens is 391 g/mol. The molecule has 7 heteroatoms. The lowest BCUT2D eigenvalue weighted by Gasteiger charge is -2.34. The molecule has 1 aromatic carbocycles. The highest BCUT2D eigenvalue weighted by Crippen LogP contribution is 2.31. The molecule has 4 rings (SSSR count). The van der Waals surface area contributed by atoms with Gasteiger partial charge in [-0.3, -0.25) is 4.99 Å². The van der Waals surface area contributed by atoms with Crippen LogP contribution in [-0.4, -0.2) is 28.7 Å². The number of rotatable bonds is 4. The first-order valence-electron chi connectivity index (χ1n) is 9.92. The van der Waals surface area contributed by atoms with Crippen LogP contribution in [-0.2, 0) is 6.18 Å². The van der Waals surface area contributed by atoms with E-state index in [-0.39, 0.29) is 5.88 Å². The van der Waals surface area contributed by atoms with Gasteiger partial charge in [-0.15, -0.1) is 0 Å². The van der Waals surface area contributed by atoms with E-state index in [2.05, 4.69) is 27.2 Å². The Morgan fingerprint density at radius 3 is 2.60 bits per heavy atom. The first kappa shape index (κ1) is 20.2. The Balaban J connectivity index is 1.38. The molecule has 2 aliphatic rings. The smallest absolute Gasteiger partial charge is 0.417 e. The number of halogens is 3. The Labute approximate surface area is 173 Å². The highest BCUT2D eigenvalue weighted by molar-refractivity contribution is 5.62. The molecule has 2 aromatic rings. The monoisotopic (exact) mass is 413 g/mol. The van der Waals surface area contributed by atoms with Crippen molar-refractivity contribution in [3.63, 3.8) is 0 Å². The van der Waals surface area contributed by atoms with Gasteiger partial charge in [-0.2, -0.15) is 13.2 Å². The van der Waals surface area contributed by atoms with Gasteiger partial charge in [0.15, 0.2) is 0 Å². The third kappa shape index (κ3) is 5.09. The van der Waals surface area contributed by atoms with Crippen LogP contribution in [0.1, 0.15) is 36.8 Å². The number of benzene rings is 1. The molecular formula is C23H22F3N3O. The van der Waals surface area contributed by atoms with Gasteiger partial charge in [0, 0.05) is 36.9 Å². The molecule has 30 heavy (non-hydrogen) atoms. The van der Waals surface area contributed by atoms with Crippen molar-refractivity contribution in [3.05, 3.63) is 71.7 Å². The molecule has 0 saturated heterocycles. The zero-order chi connectivity index (χ0) is 21.0. The molecule has 4 nitrogen and oxygen atoms in total. The van der Waals surface area contributed by atoms with E-state index < -0.39 is 11.7 Å². The standard InChI is InChI=1S/C23H22F3N3O/c24-23(25,26)19-6-9-22(28-16-19)30-21-3-1-2-18(15-21)14-17-4-7-20(8-5-17)29-12-10-27-11-13-29/h1-3,6,9-12,14-16,20H,4-5,7-8,13H2. The molecule has 1 fully saturated rings. The summed E-state index contributed by atoms with van der Waals surface area (Å²) >= 11 is 0. The minimum atomic E-state index is -4.41. The number of aliphatic imine (C=N–C) groups is 1. The number of pyridine rings is 1. The molecule has 0 bridgehead atoms. The zero-order valence-corrected chi connectivity index (χ0v) is 16.3. The minimum Gasteiger partial charge on any atom is -0.439 e. The maximum atomic E-state index is 12.7. The maximum Gasteiger partial charge on any atom is 0.417 e. The molecule has 0 N–H and O–H groups in total. The van der Waals surface area contributed by atoms with Crippen LogP contribution in [0.25, 0.3) is 6.08 Å². The topological polar surface area (TPSA) is 37.7 Å². The van der Waals surface area contributed by atoms with Gasteiger partial charge < -0.3 is 9.64 Å². The van der Waals surface area contributed by atoms with Crippen LogP contribution in [0, 0.1) is 0 Å². The van der Waals surface area contributed by atoms with Gasteiger partial charge in [0.25, 0.3) is 0 Å². The predicted octanol–water partition coefficient (Wildman–Crippen LogP) is 6.08. The summed E-state index contributed by atoms with van der Waals surface area (Å²) < 4.78 is 43.6. The summed E-state index contributed by atoms with van der Waals surface area (Å²) in [4.78, 5) is 10.2. The second-order valence-corrected chi connectivity index (χ2v) is 7.42. The molecule has 1 aliphatic carbocycles. The number of allylic oxidation sites excluding steroid dienone is 1. The Bertz CT molecular complexity index is 954. The van der Waals surface area contributed by atoms with Crippen LogP contribution in [0.3, 0.4) is 0 Å². The molecule has 0 atom stereocenters.